The summed E-state index contributed by atoms with van der Waals surface area (Å²) in [5.74, 6) is -0.262. The lowest BCUT2D eigenvalue weighted by atomic mass is 10.2. The first kappa shape index (κ1) is 14.6. The summed E-state index contributed by atoms with van der Waals surface area (Å²) < 4.78 is 5.69. The predicted octanol–water partition coefficient (Wildman–Crippen LogP) is 1.18. The fraction of sp³-hybridized carbons (Fsp3) is 0.538. The van der Waals surface area contributed by atoms with Crippen LogP contribution in [-0.4, -0.2) is 38.3 Å². The highest BCUT2D eigenvalue weighted by Crippen LogP contribution is 2.38. The molecule has 1 aromatic rings. The number of nitrogens with one attached hydrogen (secondary N) is 1. The number of carbonyl (C=O) groups excluding carboxylic acids is 1. The Morgan fingerprint density at radius 1 is 1.50 bits per heavy atom. The van der Waals surface area contributed by atoms with Crippen molar-refractivity contribution in [1.29, 1.82) is 5.26 Å². The Balaban J connectivity index is 2.45. The van der Waals surface area contributed by atoms with Crippen LogP contribution in [0.4, 0.5) is 10.7 Å². The van der Waals surface area contributed by atoms with E-state index in [1.807, 2.05) is 13.8 Å². The molecule has 6 nitrogen and oxygen atoms in total. The maximum atomic E-state index is 12.0. The lowest BCUT2D eigenvalue weighted by molar-refractivity contribution is -0.00505. The molecule has 1 aliphatic heterocycles. The SMILES string of the molecule is CNC(=O)c1c(N2CC(C)OC(C)C2)sc(C#N)c1N. The molecule has 2 unspecified atom stereocenters. The summed E-state index contributed by atoms with van der Waals surface area (Å²) in [6.45, 7) is 5.34. The summed E-state index contributed by atoms with van der Waals surface area (Å²) in [6.07, 6.45) is 0.148. The minimum absolute atomic E-state index is 0.0742. The zero-order valence-corrected chi connectivity index (χ0v) is 12.6. The number of carbonyl (C=O) groups is 1. The molecule has 1 fully saturated rings. The molecule has 0 saturated carbocycles. The minimum atomic E-state index is -0.262. The summed E-state index contributed by atoms with van der Waals surface area (Å²) in [5.41, 5.74) is 6.60. The normalized spacial score (nSPS) is 22.4. The van der Waals surface area contributed by atoms with E-state index in [-0.39, 0.29) is 23.8 Å². The molecule has 1 saturated heterocycles. The second-order valence-corrected chi connectivity index (χ2v) is 5.88. The Morgan fingerprint density at radius 2 is 2.10 bits per heavy atom. The van der Waals surface area contributed by atoms with E-state index in [2.05, 4.69) is 16.3 Å². The number of nitrogen functional groups attached to an aromatic ring is 1. The molecule has 1 amide bonds. The van der Waals surface area contributed by atoms with Gasteiger partial charge in [-0.05, 0) is 13.8 Å². The van der Waals surface area contributed by atoms with Crippen molar-refractivity contribution in [3.05, 3.63) is 10.4 Å². The van der Waals surface area contributed by atoms with Crippen LogP contribution in [0.5, 0.6) is 0 Å². The molecular weight excluding hydrogens is 276 g/mol. The molecule has 108 valence electrons. The second-order valence-electron chi connectivity index (χ2n) is 4.88. The van der Waals surface area contributed by atoms with E-state index in [4.69, 9.17) is 15.7 Å². The van der Waals surface area contributed by atoms with Crippen LogP contribution in [0.3, 0.4) is 0 Å². The summed E-state index contributed by atoms with van der Waals surface area (Å²) in [4.78, 5) is 14.5. The number of anilines is 2. The molecule has 1 aliphatic rings. The number of ether oxygens (including phenoxy) is 1. The number of amides is 1. The van der Waals surface area contributed by atoms with Crippen LogP contribution in [0.2, 0.25) is 0 Å². The molecule has 0 aliphatic carbocycles. The van der Waals surface area contributed by atoms with Crippen molar-refractivity contribution in [2.75, 3.05) is 30.8 Å². The molecule has 2 rings (SSSR count). The molecule has 3 N–H and O–H groups in total. The molecule has 7 heteroatoms. The highest BCUT2D eigenvalue weighted by molar-refractivity contribution is 7.17. The predicted molar refractivity (Wildman–Crippen MR) is 79.1 cm³/mol. The quantitative estimate of drug-likeness (QED) is 0.854. The maximum absolute atomic E-state index is 12.0. The average Bonchev–Trinajstić information content (AvgIpc) is 2.73. The van der Waals surface area contributed by atoms with Crippen LogP contribution in [-0.2, 0) is 4.74 Å². The number of hydrogen-bond acceptors (Lipinski definition) is 6. The topological polar surface area (TPSA) is 91.4 Å². The van der Waals surface area contributed by atoms with E-state index < -0.39 is 0 Å². The molecule has 0 bridgehead atoms. The molecule has 20 heavy (non-hydrogen) atoms. The standard InChI is InChI=1S/C13H18N4O2S/c1-7-5-17(6-8(2)19-7)13-10(12(18)16-3)11(15)9(4-14)20-13/h7-8H,5-6,15H2,1-3H3,(H,16,18). The van der Waals surface area contributed by atoms with Gasteiger partial charge in [0.05, 0.1) is 23.5 Å². The Labute approximate surface area is 122 Å². The smallest absolute Gasteiger partial charge is 0.256 e. The van der Waals surface area contributed by atoms with Gasteiger partial charge in [0.1, 0.15) is 15.9 Å². The molecule has 0 aromatic carbocycles. The summed E-state index contributed by atoms with van der Waals surface area (Å²) in [7, 11) is 1.56. The molecule has 2 heterocycles. The van der Waals surface area contributed by atoms with Crippen LogP contribution >= 0.6 is 11.3 Å². The fourth-order valence-electron chi connectivity index (χ4n) is 2.43. The van der Waals surface area contributed by atoms with Crippen molar-refractivity contribution >= 4 is 27.9 Å². The van der Waals surface area contributed by atoms with Crippen molar-refractivity contribution in [3.63, 3.8) is 0 Å². The van der Waals surface area contributed by atoms with Crippen LogP contribution in [0, 0.1) is 11.3 Å². The Morgan fingerprint density at radius 3 is 2.60 bits per heavy atom. The van der Waals surface area contributed by atoms with Gasteiger partial charge in [-0.15, -0.1) is 11.3 Å². The Kier molecular flexibility index (Phi) is 4.16. The fourth-order valence-corrected chi connectivity index (χ4v) is 3.46. The minimum Gasteiger partial charge on any atom is -0.396 e. The van der Waals surface area contributed by atoms with E-state index in [1.165, 1.54) is 11.3 Å². The third kappa shape index (κ3) is 2.57. The number of hydrogen-bond donors (Lipinski definition) is 2. The molecule has 0 spiro atoms. The zero-order valence-electron chi connectivity index (χ0n) is 11.8. The van der Waals surface area contributed by atoms with Crippen molar-refractivity contribution in [2.24, 2.45) is 0 Å². The molecule has 2 atom stereocenters. The zero-order chi connectivity index (χ0) is 14.9. The summed E-state index contributed by atoms with van der Waals surface area (Å²) in [6, 6.07) is 2.05. The number of rotatable bonds is 2. The van der Waals surface area contributed by atoms with Gasteiger partial charge in [-0.3, -0.25) is 4.79 Å². The van der Waals surface area contributed by atoms with Gasteiger partial charge in [0.15, 0.2) is 0 Å². The van der Waals surface area contributed by atoms with Crippen molar-refractivity contribution in [1.82, 2.24) is 5.32 Å². The number of morpholine rings is 1. The summed E-state index contributed by atoms with van der Waals surface area (Å²) in [5, 5.41) is 12.5. The Bertz CT molecular complexity index is 553. The van der Waals surface area contributed by atoms with Crippen LogP contribution in [0.1, 0.15) is 29.1 Å². The van der Waals surface area contributed by atoms with Gasteiger partial charge >= 0.3 is 0 Å². The van der Waals surface area contributed by atoms with Gasteiger partial charge < -0.3 is 20.7 Å². The van der Waals surface area contributed by atoms with Crippen LogP contribution in [0.15, 0.2) is 0 Å². The first-order valence-electron chi connectivity index (χ1n) is 6.42. The van der Waals surface area contributed by atoms with Gasteiger partial charge in [-0.1, -0.05) is 0 Å². The van der Waals surface area contributed by atoms with E-state index in [9.17, 15) is 4.79 Å². The first-order valence-corrected chi connectivity index (χ1v) is 7.24. The van der Waals surface area contributed by atoms with E-state index in [0.717, 1.165) is 5.00 Å². The third-order valence-electron chi connectivity index (χ3n) is 3.19. The second kappa shape index (κ2) is 5.69. The van der Waals surface area contributed by atoms with E-state index >= 15 is 0 Å². The number of nitriles is 1. The summed E-state index contributed by atoms with van der Waals surface area (Å²) >= 11 is 1.26. The van der Waals surface area contributed by atoms with Crippen molar-refractivity contribution in [3.8, 4) is 6.07 Å². The van der Waals surface area contributed by atoms with Crippen LogP contribution < -0.4 is 16.0 Å². The highest BCUT2D eigenvalue weighted by Gasteiger charge is 2.29. The Hall–Kier alpha value is -1.78. The number of nitrogens with zero attached hydrogens (tertiary/aromatic N) is 2. The number of nitrogens with two attached hydrogens (primary N) is 1. The lowest BCUT2D eigenvalue weighted by Crippen LogP contribution is -2.45. The van der Waals surface area contributed by atoms with Gasteiger partial charge in [0.2, 0.25) is 0 Å². The van der Waals surface area contributed by atoms with Gasteiger partial charge in [0, 0.05) is 20.1 Å². The highest BCUT2D eigenvalue weighted by atomic mass is 32.1. The molecule has 0 radical (unpaired) electrons. The third-order valence-corrected chi connectivity index (χ3v) is 4.36. The van der Waals surface area contributed by atoms with Crippen molar-refractivity contribution < 1.29 is 9.53 Å². The van der Waals surface area contributed by atoms with Gasteiger partial charge in [-0.2, -0.15) is 5.26 Å². The van der Waals surface area contributed by atoms with Crippen LogP contribution in [0.25, 0.3) is 0 Å². The number of thiophene rings is 1. The molecular formula is C13H18N4O2S. The van der Waals surface area contributed by atoms with Gasteiger partial charge in [-0.25, -0.2) is 0 Å². The first-order chi connectivity index (χ1) is 9.47. The molecule has 1 aromatic heterocycles. The average molecular weight is 294 g/mol. The van der Waals surface area contributed by atoms with Gasteiger partial charge in [0.25, 0.3) is 5.91 Å². The largest absolute Gasteiger partial charge is 0.396 e. The maximum Gasteiger partial charge on any atom is 0.256 e. The van der Waals surface area contributed by atoms with Crippen molar-refractivity contribution in [2.45, 2.75) is 26.1 Å². The lowest BCUT2D eigenvalue weighted by Gasteiger charge is -2.36. The monoisotopic (exact) mass is 294 g/mol. The van der Waals surface area contributed by atoms with E-state index in [0.29, 0.717) is 23.5 Å². The van der Waals surface area contributed by atoms with E-state index in [1.54, 1.807) is 7.05 Å².